The first-order valence-corrected chi connectivity index (χ1v) is 9.38. The number of hydrogen-bond acceptors (Lipinski definition) is 0. The van der Waals surface area contributed by atoms with Crippen LogP contribution in [0.3, 0.4) is 0 Å². The molecule has 0 nitrogen and oxygen atoms in total. The predicted octanol–water partition coefficient (Wildman–Crippen LogP) is 6.16. The lowest BCUT2D eigenvalue weighted by atomic mass is 9.94. The van der Waals surface area contributed by atoms with Gasteiger partial charge in [-0.15, -0.1) is 0 Å². The zero-order chi connectivity index (χ0) is 14.6. The Morgan fingerprint density at radius 2 is 1.37 bits per heavy atom. The van der Waals surface area contributed by atoms with E-state index in [0.717, 1.165) is 0 Å². The molecule has 0 saturated carbocycles. The van der Waals surface area contributed by atoms with Gasteiger partial charge in [-0.2, -0.15) is 0 Å². The number of hydrogen-bond donors (Lipinski definition) is 0. The molecule has 0 aromatic heterocycles. The summed E-state index contributed by atoms with van der Waals surface area (Å²) in [6.45, 7) is 15.6. The minimum Gasteiger partial charge on any atom is -0.0848 e. The van der Waals surface area contributed by atoms with E-state index in [2.05, 4.69) is 64.4 Å². The Morgan fingerprint density at radius 1 is 0.842 bits per heavy atom. The lowest BCUT2D eigenvalue weighted by Gasteiger charge is -2.21. The monoisotopic (exact) mass is 274 g/mol. The molecule has 19 heavy (non-hydrogen) atoms. The molecule has 0 fully saturated rings. The van der Waals surface area contributed by atoms with Crippen molar-refractivity contribution in [2.75, 3.05) is 13.3 Å². The van der Waals surface area contributed by atoms with Crippen molar-refractivity contribution < 1.29 is 0 Å². The van der Waals surface area contributed by atoms with Crippen molar-refractivity contribution in [3.63, 3.8) is 0 Å². The first kappa shape index (κ1) is 16.2. The largest absolute Gasteiger partial charge is 0.0848 e. The third-order valence-corrected chi connectivity index (χ3v) is 5.42. The molecule has 0 aliphatic heterocycles. The third kappa shape index (κ3) is 3.18. The summed E-state index contributed by atoms with van der Waals surface area (Å²) in [6.07, 6.45) is 0. The Morgan fingerprint density at radius 3 is 1.84 bits per heavy atom. The molecule has 0 saturated heterocycles. The predicted molar refractivity (Wildman–Crippen MR) is 90.4 cm³/mol. The van der Waals surface area contributed by atoms with Crippen LogP contribution in [-0.2, 0) is 0 Å². The van der Waals surface area contributed by atoms with Crippen molar-refractivity contribution in [3.05, 3.63) is 57.9 Å². The molecule has 1 aliphatic carbocycles. The maximum absolute atomic E-state index is 2.37. The maximum Gasteiger partial charge on any atom is 0.0308 e. The van der Waals surface area contributed by atoms with Crippen LogP contribution in [0.25, 0.3) is 0 Å². The lowest BCUT2D eigenvalue weighted by Crippen LogP contribution is -2.00. The fraction of sp³-hybridized carbons (Fsp3) is 0.444. The van der Waals surface area contributed by atoms with Crippen LogP contribution in [0.5, 0.6) is 0 Å². The van der Waals surface area contributed by atoms with Crippen LogP contribution in [0.15, 0.2) is 52.4 Å². The summed E-state index contributed by atoms with van der Waals surface area (Å²) in [5.41, 5.74) is 6.03. The Balaban J connectivity index is 0.000000861. The fourth-order valence-corrected chi connectivity index (χ4v) is 4.47. The molecule has 0 bridgehead atoms. The molecule has 104 valence electrons. The SMILES string of the molecule is CC.CC1=C(C)C(c2ccccc2)C(P(C)C)=C1C. The van der Waals surface area contributed by atoms with Gasteiger partial charge in [-0.05, 0) is 56.1 Å². The molecule has 1 heteroatoms. The van der Waals surface area contributed by atoms with Gasteiger partial charge < -0.3 is 0 Å². The van der Waals surface area contributed by atoms with Gasteiger partial charge in [-0.1, -0.05) is 57.7 Å². The van der Waals surface area contributed by atoms with Gasteiger partial charge in [0.25, 0.3) is 0 Å². The van der Waals surface area contributed by atoms with Gasteiger partial charge in [-0.25, -0.2) is 0 Å². The van der Waals surface area contributed by atoms with Gasteiger partial charge >= 0.3 is 0 Å². The second-order valence-corrected chi connectivity index (χ2v) is 7.33. The topological polar surface area (TPSA) is 0 Å². The Labute approximate surface area is 120 Å². The smallest absolute Gasteiger partial charge is 0.0308 e. The molecule has 1 unspecified atom stereocenters. The molecule has 0 radical (unpaired) electrons. The van der Waals surface area contributed by atoms with Crippen LogP contribution >= 0.6 is 7.92 Å². The summed E-state index contributed by atoms with van der Waals surface area (Å²) in [7, 11) is -0.0192. The summed E-state index contributed by atoms with van der Waals surface area (Å²) in [5, 5.41) is 1.67. The molecule has 1 aromatic rings. The van der Waals surface area contributed by atoms with E-state index in [1.165, 1.54) is 16.7 Å². The molecular formula is C18H27P. The van der Waals surface area contributed by atoms with E-state index in [4.69, 9.17) is 0 Å². The lowest BCUT2D eigenvalue weighted by molar-refractivity contribution is 0.985. The number of allylic oxidation sites excluding steroid dienone is 4. The average Bonchev–Trinajstić information content (AvgIpc) is 2.66. The zero-order valence-corrected chi connectivity index (χ0v) is 14.3. The molecule has 1 atom stereocenters. The van der Waals surface area contributed by atoms with E-state index in [1.54, 1.807) is 10.9 Å². The highest BCUT2D eigenvalue weighted by atomic mass is 31.1. The molecule has 0 spiro atoms. The van der Waals surface area contributed by atoms with Crippen molar-refractivity contribution in [2.24, 2.45) is 0 Å². The minimum atomic E-state index is -0.0192. The van der Waals surface area contributed by atoms with E-state index in [0.29, 0.717) is 5.92 Å². The van der Waals surface area contributed by atoms with Gasteiger partial charge in [-0.3, -0.25) is 0 Å². The molecular weight excluding hydrogens is 247 g/mol. The highest BCUT2D eigenvalue weighted by Crippen LogP contribution is 2.55. The van der Waals surface area contributed by atoms with Gasteiger partial charge in [0.2, 0.25) is 0 Å². The van der Waals surface area contributed by atoms with Gasteiger partial charge in [0.1, 0.15) is 0 Å². The summed E-state index contributed by atoms with van der Waals surface area (Å²) < 4.78 is 0. The highest BCUT2D eigenvalue weighted by Gasteiger charge is 2.29. The zero-order valence-electron chi connectivity index (χ0n) is 13.4. The quantitative estimate of drug-likeness (QED) is 0.566. The van der Waals surface area contributed by atoms with Crippen LogP contribution in [0.2, 0.25) is 0 Å². The van der Waals surface area contributed by atoms with E-state index >= 15 is 0 Å². The highest BCUT2D eigenvalue weighted by molar-refractivity contribution is 7.60. The van der Waals surface area contributed by atoms with Crippen molar-refractivity contribution in [1.82, 2.24) is 0 Å². The molecule has 0 N–H and O–H groups in total. The van der Waals surface area contributed by atoms with E-state index in [-0.39, 0.29) is 7.92 Å². The fourth-order valence-electron chi connectivity index (χ4n) is 2.77. The van der Waals surface area contributed by atoms with Crippen LogP contribution in [0.4, 0.5) is 0 Å². The van der Waals surface area contributed by atoms with Crippen LogP contribution in [0.1, 0.15) is 46.1 Å². The Kier molecular flexibility index (Phi) is 6.01. The third-order valence-electron chi connectivity index (χ3n) is 3.86. The number of benzene rings is 1. The molecule has 2 rings (SSSR count). The van der Waals surface area contributed by atoms with E-state index < -0.39 is 0 Å². The Bertz CT molecular complexity index is 478. The van der Waals surface area contributed by atoms with Crippen molar-refractivity contribution in [3.8, 4) is 0 Å². The molecule has 1 aliphatic rings. The van der Waals surface area contributed by atoms with Crippen molar-refractivity contribution in [1.29, 1.82) is 0 Å². The minimum absolute atomic E-state index is 0.0192. The van der Waals surface area contributed by atoms with Gasteiger partial charge in [0.15, 0.2) is 0 Å². The Hall–Kier alpha value is -0.870. The summed E-state index contributed by atoms with van der Waals surface area (Å²) in [6, 6.07) is 10.9. The first-order chi connectivity index (χ1) is 9.04. The second-order valence-electron chi connectivity index (χ2n) is 5.06. The molecule has 1 aromatic carbocycles. The van der Waals surface area contributed by atoms with Crippen LogP contribution < -0.4 is 0 Å². The summed E-state index contributed by atoms with van der Waals surface area (Å²) in [5.74, 6) is 0.539. The van der Waals surface area contributed by atoms with Crippen LogP contribution in [-0.4, -0.2) is 13.3 Å². The van der Waals surface area contributed by atoms with Crippen LogP contribution in [0, 0.1) is 0 Å². The number of rotatable bonds is 2. The second kappa shape index (κ2) is 7.06. The van der Waals surface area contributed by atoms with Crippen molar-refractivity contribution >= 4 is 7.92 Å². The van der Waals surface area contributed by atoms with E-state index in [1.807, 2.05) is 13.8 Å². The van der Waals surface area contributed by atoms with Gasteiger partial charge in [0, 0.05) is 5.92 Å². The summed E-state index contributed by atoms with van der Waals surface area (Å²) >= 11 is 0. The standard InChI is InChI=1S/C16H21P.C2H6/c1-11-12(2)15(14-9-7-6-8-10-14)16(13(11)3)17(4)5;1-2/h6-10,15H,1-5H3;1-2H3. The normalized spacial score (nSPS) is 18.8. The van der Waals surface area contributed by atoms with E-state index in [9.17, 15) is 0 Å². The first-order valence-electron chi connectivity index (χ1n) is 7.14. The molecule has 0 heterocycles. The maximum atomic E-state index is 2.37. The molecule has 0 amide bonds. The average molecular weight is 274 g/mol. The van der Waals surface area contributed by atoms with Crippen molar-refractivity contribution in [2.45, 2.75) is 40.5 Å². The van der Waals surface area contributed by atoms with Gasteiger partial charge in [0.05, 0.1) is 0 Å². The summed E-state index contributed by atoms with van der Waals surface area (Å²) in [4.78, 5) is 0.